The lowest BCUT2D eigenvalue weighted by molar-refractivity contribution is -0.140. The van der Waals surface area contributed by atoms with E-state index in [9.17, 15) is 4.79 Å². The van der Waals surface area contributed by atoms with Gasteiger partial charge in [0.15, 0.2) is 0 Å². The van der Waals surface area contributed by atoms with Crippen LogP contribution in [0.15, 0.2) is 24.4 Å². The Hall–Kier alpha value is -1.63. The Morgan fingerprint density at radius 1 is 1.38 bits per heavy atom. The van der Waals surface area contributed by atoms with Gasteiger partial charge in [0.05, 0.1) is 11.7 Å². The molecule has 1 amide bonds. The highest BCUT2D eigenvalue weighted by molar-refractivity contribution is 5.99. The molecular weight excluding hydrogens is 328 g/mol. The highest BCUT2D eigenvalue weighted by Gasteiger charge is 2.39. The maximum Gasteiger partial charge on any atom is 0.256 e. The fourth-order valence-corrected chi connectivity index (χ4v) is 3.13. The third-order valence-electron chi connectivity index (χ3n) is 4.56. The molecular formula is C17H25ClN4O2. The first-order valence-electron chi connectivity index (χ1n) is 8.10. The van der Waals surface area contributed by atoms with Crippen LogP contribution in [0.1, 0.15) is 32.7 Å². The fraction of sp³-hybridized carbons (Fsp3) is 0.529. The summed E-state index contributed by atoms with van der Waals surface area (Å²) in [7, 11) is 1.61. The third kappa shape index (κ3) is 3.41. The number of fused-ring (bicyclic) bond motifs is 1. The number of rotatable bonds is 4. The number of nitrogens with one attached hydrogen (secondary N) is 2. The number of carbonyl (C=O) groups is 1. The topological polar surface area (TPSA) is 68.2 Å². The molecule has 0 bridgehead atoms. The van der Waals surface area contributed by atoms with Gasteiger partial charge in [-0.05, 0) is 58.0 Å². The summed E-state index contributed by atoms with van der Waals surface area (Å²) in [6, 6.07) is 6.15. The molecule has 6 nitrogen and oxygen atoms in total. The van der Waals surface area contributed by atoms with Crippen molar-refractivity contribution >= 4 is 34.9 Å². The molecule has 1 fully saturated rings. The first kappa shape index (κ1) is 18.7. The summed E-state index contributed by atoms with van der Waals surface area (Å²) in [6.45, 7) is 5.76. The van der Waals surface area contributed by atoms with E-state index in [0.29, 0.717) is 12.8 Å². The molecule has 1 aliphatic rings. The van der Waals surface area contributed by atoms with Crippen molar-refractivity contribution < 1.29 is 9.53 Å². The maximum absolute atomic E-state index is 12.7. The normalized spacial score (nSPS) is 16.8. The molecule has 2 aromatic rings. The highest BCUT2D eigenvalue weighted by Crippen LogP contribution is 2.26. The maximum atomic E-state index is 12.7. The molecule has 3 rings (SSSR count). The molecule has 0 unspecified atom stereocenters. The summed E-state index contributed by atoms with van der Waals surface area (Å²) >= 11 is 0. The summed E-state index contributed by atoms with van der Waals surface area (Å²) in [6.07, 6.45) is 3.22. The number of methoxy groups -OCH3 is 1. The number of hydrogen-bond acceptors (Lipinski definition) is 4. The van der Waals surface area contributed by atoms with Crippen molar-refractivity contribution in [3.05, 3.63) is 24.4 Å². The van der Waals surface area contributed by atoms with Crippen molar-refractivity contribution in [2.45, 2.75) is 38.3 Å². The van der Waals surface area contributed by atoms with Gasteiger partial charge in [0.25, 0.3) is 5.91 Å². The quantitative estimate of drug-likeness (QED) is 0.887. The molecule has 1 aliphatic heterocycles. The van der Waals surface area contributed by atoms with Crippen LogP contribution in [0.3, 0.4) is 0 Å². The van der Waals surface area contributed by atoms with E-state index in [2.05, 4.69) is 29.6 Å². The Morgan fingerprint density at radius 2 is 2.08 bits per heavy atom. The van der Waals surface area contributed by atoms with Gasteiger partial charge in [-0.2, -0.15) is 5.10 Å². The van der Waals surface area contributed by atoms with E-state index >= 15 is 0 Å². The molecule has 7 heteroatoms. The molecule has 0 aliphatic carbocycles. The molecule has 2 heterocycles. The number of amides is 1. The number of benzene rings is 1. The molecule has 0 atom stereocenters. The van der Waals surface area contributed by atoms with Crippen molar-refractivity contribution in [1.29, 1.82) is 0 Å². The number of ether oxygens (including phenoxy) is 1. The molecule has 1 saturated heterocycles. The standard InChI is InChI=1S/C17H24N4O2.ClH/c1-12(2)21-15-10-14(5-4-13(15)11-19-21)20-16(22)17(23-3)6-8-18-9-7-17;/h4-5,10-12,18H,6-9H2,1-3H3,(H,20,22);1H. The van der Waals surface area contributed by atoms with Crippen LogP contribution in [0.5, 0.6) is 0 Å². The summed E-state index contributed by atoms with van der Waals surface area (Å²) < 4.78 is 7.54. The van der Waals surface area contributed by atoms with Crippen LogP contribution in [0.2, 0.25) is 0 Å². The van der Waals surface area contributed by atoms with Gasteiger partial charge >= 0.3 is 0 Å². The minimum atomic E-state index is -0.738. The average Bonchev–Trinajstić information content (AvgIpc) is 2.98. The van der Waals surface area contributed by atoms with Crippen molar-refractivity contribution in [2.75, 3.05) is 25.5 Å². The Morgan fingerprint density at radius 3 is 2.71 bits per heavy atom. The van der Waals surface area contributed by atoms with Crippen molar-refractivity contribution in [3.63, 3.8) is 0 Å². The number of nitrogens with zero attached hydrogens (tertiary/aromatic N) is 2. The van der Waals surface area contributed by atoms with E-state index in [1.807, 2.05) is 29.1 Å². The molecule has 0 radical (unpaired) electrons. The second kappa shape index (κ2) is 7.51. The van der Waals surface area contributed by atoms with Gasteiger partial charge in [-0.25, -0.2) is 0 Å². The van der Waals surface area contributed by atoms with Gasteiger partial charge in [0.1, 0.15) is 5.60 Å². The van der Waals surface area contributed by atoms with E-state index in [0.717, 1.165) is 29.7 Å². The zero-order valence-electron chi connectivity index (χ0n) is 14.3. The van der Waals surface area contributed by atoms with E-state index < -0.39 is 5.60 Å². The minimum absolute atomic E-state index is 0. The lowest BCUT2D eigenvalue weighted by Gasteiger charge is -2.34. The summed E-state index contributed by atoms with van der Waals surface area (Å²) in [5.74, 6) is -0.0727. The molecule has 0 spiro atoms. The minimum Gasteiger partial charge on any atom is -0.368 e. The zero-order valence-corrected chi connectivity index (χ0v) is 15.2. The summed E-state index contributed by atoms with van der Waals surface area (Å²) in [5, 5.41) is 11.8. The van der Waals surface area contributed by atoms with Crippen LogP contribution < -0.4 is 10.6 Å². The van der Waals surface area contributed by atoms with Crippen molar-refractivity contribution in [2.24, 2.45) is 0 Å². The van der Waals surface area contributed by atoms with Crippen molar-refractivity contribution in [3.8, 4) is 0 Å². The van der Waals surface area contributed by atoms with Crippen molar-refractivity contribution in [1.82, 2.24) is 15.1 Å². The molecule has 2 N–H and O–H groups in total. The monoisotopic (exact) mass is 352 g/mol. The van der Waals surface area contributed by atoms with Crippen LogP contribution >= 0.6 is 12.4 Å². The van der Waals surface area contributed by atoms with Gasteiger partial charge in [-0.3, -0.25) is 9.48 Å². The van der Waals surface area contributed by atoms with Crippen LogP contribution in [-0.4, -0.2) is 41.5 Å². The Bertz CT molecular complexity index is 708. The summed E-state index contributed by atoms with van der Waals surface area (Å²) in [4.78, 5) is 12.7. The predicted molar refractivity (Wildman–Crippen MR) is 97.8 cm³/mol. The highest BCUT2D eigenvalue weighted by atomic mass is 35.5. The molecule has 24 heavy (non-hydrogen) atoms. The van der Waals surface area contributed by atoms with E-state index in [1.165, 1.54) is 0 Å². The van der Waals surface area contributed by atoms with E-state index in [-0.39, 0.29) is 24.4 Å². The number of anilines is 1. The largest absolute Gasteiger partial charge is 0.368 e. The van der Waals surface area contributed by atoms with Crippen LogP contribution in [-0.2, 0) is 9.53 Å². The Labute approximate surface area is 148 Å². The molecule has 1 aromatic carbocycles. The SMILES string of the molecule is COC1(C(=O)Nc2ccc3cnn(C(C)C)c3c2)CCNCC1.Cl. The molecule has 0 saturated carbocycles. The van der Waals surface area contributed by atoms with Gasteiger partial charge in [0, 0.05) is 24.2 Å². The smallest absolute Gasteiger partial charge is 0.256 e. The van der Waals surface area contributed by atoms with Gasteiger partial charge in [-0.1, -0.05) is 0 Å². The number of aromatic nitrogens is 2. The first-order valence-corrected chi connectivity index (χ1v) is 8.10. The Balaban J connectivity index is 0.00000208. The predicted octanol–water partition coefficient (Wildman–Crippen LogP) is 2.75. The lowest BCUT2D eigenvalue weighted by Crippen LogP contribution is -2.51. The first-order chi connectivity index (χ1) is 11.1. The van der Waals surface area contributed by atoms with Crippen LogP contribution in [0.25, 0.3) is 10.9 Å². The molecule has 1 aromatic heterocycles. The average molecular weight is 353 g/mol. The Kier molecular flexibility index (Phi) is 5.85. The number of carbonyl (C=O) groups excluding carboxylic acids is 1. The second-order valence-electron chi connectivity index (χ2n) is 6.36. The summed E-state index contributed by atoms with van der Waals surface area (Å²) in [5.41, 5.74) is 1.06. The second-order valence-corrected chi connectivity index (χ2v) is 6.36. The number of piperidine rings is 1. The third-order valence-corrected chi connectivity index (χ3v) is 4.56. The van der Waals surface area contributed by atoms with Gasteiger partial charge < -0.3 is 15.4 Å². The van der Waals surface area contributed by atoms with Gasteiger partial charge in [0.2, 0.25) is 0 Å². The lowest BCUT2D eigenvalue weighted by atomic mass is 9.91. The van der Waals surface area contributed by atoms with E-state index in [4.69, 9.17) is 4.74 Å². The molecule has 132 valence electrons. The van der Waals surface area contributed by atoms with Gasteiger partial charge in [-0.15, -0.1) is 12.4 Å². The zero-order chi connectivity index (χ0) is 16.4. The number of halogens is 1. The number of hydrogen-bond donors (Lipinski definition) is 2. The van der Waals surface area contributed by atoms with Crippen LogP contribution in [0.4, 0.5) is 5.69 Å². The van der Waals surface area contributed by atoms with Crippen LogP contribution in [0, 0.1) is 0 Å². The fourth-order valence-electron chi connectivity index (χ4n) is 3.13. The van der Waals surface area contributed by atoms with E-state index in [1.54, 1.807) is 7.11 Å².